The minimum atomic E-state index is 0.370. The van der Waals surface area contributed by atoms with Crippen LogP contribution < -0.4 is 4.74 Å². The van der Waals surface area contributed by atoms with Gasteiger partial charge in [0.25, 0.3) is 0 Å². The second-order valence-corrected chi connectivity index (χ2v) is 5.37. The van der Waals surface area contributed by atoms with Crippen molar-refractivity contribution in [1.82, 2.24) is 20.2 Å². The summed E-state index contributed by atoms with van der Waals surface area (Å²) < 4.78 is 5.62. The smallest absolute Gasteiger partial charge is 0.212 e. The second-order valence-electron chi connectivity index (χ2n) is 5.37. The summed E-state index contributed by atoms with van der Waals surface area (Å²) in [6.45, 7) is 1.26. The van der Waals surface area contributed by atoms with Crippen LogP contribution in [0.1, 0.15) is 37.9 Å². The average Bonchev–Trinajstić information content (AvgIpc) is 2.95. The maximum absolute atomic E-state index is 5.62. The molecule has 0 atom stereocenters. The van der Waals surface area contributed by atoms with E-state index in [1.54, 1.807) is 4.80 Å². The van der Waals surface area contributed by atoms with E-state index in [9.17, 15) is 0 Å². The highest BCUT2D eigenvalue weighted by Gasteiger charge is 2.15. The number of hydrogen-bond donors (Lipinski definition) is 0. The number of aromatic nitrogens is 4. The second kappa shape index (κ2) is 6.50. The maximum atomic E-state index is 5.62. The van der Waals surface area contributed by atoms with Gasteiger partial charge < -0.3 is 4.74 Å². The van der Waals surface area contributed by atoms with Gasteiger partial charge >= 0.3 is 0 Å². The number of ether oxygens (including phenoxy) is 1. The van der Waals surface area contributed by atoms with E-state index in [1.807, 2.05) is 30.3 Å². The van der Waals surface area contributed by atoms with Crippen LogP contribution in [0, 0.1) is 5.92 Å². The zero-order chi connectivity index (χ0) is 13.6. The summed E-state index contributed by atoms with van der Waals surface area (Å²) in [5.41, 5.74) is 0. The number of tetrazole rings is 1. The molecule has 0 N–H and O–H groups in total. The van der Waals surface area contributed by atoms with E-state index in [2.05, 4.69) is 15.4 Å². The topological polar surface area (TPSA) is 52.8 Å². The van der Waals surface area contributed by atoms with Crippen molar-refractivity contribution in [3.63, 3.8) is 0 Å². The molecule has 1 aromatic heterocycles. The first-order chi connectivity index (χ1) is 9.90. The molecule has 1 heterocycles. The quantitative estimate of drug-likeness (QED) is 0.840. The molecule has 1 aliphatic rings. The first-order valence-electron chi connectivity index (χ1n) is 7.35. The molecule has 1 aliphatic carbocycles. The molecule has 0 amide bonds. The van der Waals surface area contributed by atoms with Crippen molar-refractivity contribution >= 4 is 0 Å². The molecule has 106 valence electrons. The van der Waals surface area contributed by atoms with E-state index in [0.29, 0.717) is 18.3 Å². The van der Waals surface area contributed by atoms with E-state index >= 15 is 0 Å². The lowest BCUT2D eigenvalue weighted by Crippen LogP contribution is -2.16. The van der Waals surface area contributed by atoms with Gasteiger partial charge in [0, 0.05) is 0 Å². The normalized spacial score (nSPS) is 16.2. The van der Waals surface area contributed by atoms with Gasteiger partial charge in [-0.3, -0.25) is 0 Å². The van der Waals surface area contributed by atoms with E-state index in [1.165, 1.54) is 32.1 Å². The van der Waals surface area contributed by atoms with Gasteiger partial charge in [-0.25, -0.2) is 0 Å². The fraction of sp³-hybridized carbons (Fsp3) is 0.533. The molecular formula is C15H20N4O. The van der Waals surface area contributed by atoms with Crippen LogP contribution in [0.4, 0.5) is 0 Å². The van der Waals surface area contributed by atoms with Crippen LogP contribution in [0.2, 0.25) is 0 Å². The van der Waals surface area contributed by atoms with E-state index in [-0.39, 0.29) is 0 Å². The van der Waals surface area contributed by atoms with Gasteiger partial charge in [0.15, 0.2) is 6.61 Å². The Labute approximate surface area is 118 Å². The monoisotopic (exact) mass is 272 g/mol. The molecule has 1 saturated carbocycles. The molecule has 2 aromatic rings. The maximum Gasteiger partial charge on any atom is 0.212 e. The number of rotatable bonds is 5. The third-order valence-corrected chi connectivity index (χ3v) is 3.75. The highest BCUT2D eigenvalue weighted by atomic mass is 16.5. The van der Waals surface area contributed by atoms with Gasteiger partial charge in [0.05, 0.1) is 6.54 Å². The van der Waals surface area contributed by atoms with Crippen molar-refractivity contribution in [3.8, 4) is 5.75 Å². The Morgan fingerprint density at radius 1 is 1.10 bits per heavy atom. The Kier molecular flexibility index (Phi) is 4.25. The fourth-order valence-electron chi connectivity index (χ4n) is 2.68. The van der Waals surface area contributed by atoms with Crippen molar-refractivity contribution in [2.45, 2.75) is 45.3 Å². The number of benzene rings is 1. The van der Waals surface area contributed by atoms with Gasteiger partial charge in [-0.1, -0.05) is 37.5 Å². The molecule has 0 unspecified atom stereocenters. The number of hydrogen-bond acceptors (Lipinski definition) is 4. The van der Waals surface area contributed by atoms with Crippen LogP contribution in [-0.4, -0.2) is 20.2 Å². The van der Waals surface area contributed by atoms with Crippen LogP contribution >= 0.6 is 0 Å². The van der Waals surface area contributed by atoms with Gasteiger partial charge in [0.1, 0.15) is 5.75 Å². The summed E-state index contributed by atoms with van der Waals surface area (Å²) in [4.78, 5) is 1.72. The molecule has 0 saturated heterocycles. The van der Waals surface area contributed by atoms with Gasteiger partial charge in [-0.05, 0) is 36.1 Å². The van der Waals surface area contributed by atoms with Gasteiger partial charge in [-0.15, -0.1) is 10.2 Å². The minimum Gasteiger partial charge on any atom is -0.485 e. The number of nitrogens with zero attached hydrogens (tertiary/aromatic N) is 4. The first-order valence-corrected chi connectivity index (χ1v) is 7.35. The third-order valence-electron chi connectivity index (χ3n) is 3.75. The van der Waals surface area contributed by atoms with Gasteiger partial charge in [0.2, 0.25) is 5.82 Å². The summed E-state index contributed by atoms with van der Waals surface area (Å²) in [6, 6.07) is 9.70. The Balaban J connectivity index is 1.51. The SMILES string of the molecule is c1ccc(OCc2nnn(CC3CCCCC3)n2)cc1. The van der Waals surface area contributed by atoms with E-state index < -0.39 is 0 Å². The lowest BCUT2D eigenvalue weighted by Gasteiger charge is -2.20. The molecule has 20 heavy (non-hydrogen) atoms. The third kappa shape index (κ3) is 3.56. The van der Waals surface area contributed by atoms with Crippen LogP contribution in [0.5, 0.6) is 5.75 Å². The molecule has 1 fully saturated rings. The molecule has 5 nitrogen and oxygen atoms in total. The first kappa shape index (κ1) is 13.1. The minimum absolute atomic E-state index is 0.370. The van der Waals surface area contributed by atoms with Crippen LogP contribution in [0.25, 0.3) is 0 Å². The summed E-state index contributed by atoms with van der Waals surface area (Å²) in [5.74, 6) is 2.18. The van der Waals surface area contributed by atoms with Crippen molar-refractivity contribution in [2.24, 2.45) is 5.92 Å². The van der Waals surface area contributed by atoms with Crippen molar-refractivity contribution < 1.29 is 4.74 Å². The van der Waals surface area contributed by atoms with E-state index in [4.69, 9.17) is 4.74 Å². The summed E-state index contributed by atoms with van der Waals surface area (Å²) in [6.07, 6.45) is 6.62. The largest absolute Gasteiger partial charge is 0.485 e. The predicted octanol–water partition coefficient (Wildman–Crippen LogP) is 2.83. The molecule has 0 bridgehead atoms. The zero-order valence-electron chi connectivity index (χ0n) is 11.6. The van der Waals surface area contributed by atoms with Crippen molar-refractivity contribution in [1.29, 1.82) is 0 Å². The molecule has 0 radical (unpaired) electrons. The molecule has 0 aliphatic heterocycles. The van der Waals surface area contributed by atoms with E-state index in [0.717, 1.165) is 12.3 Å². The number of para-hydroxylation sites is 1. The molecule has 0 spiro atoms. The van der Waals surface area contributed by atoms with Crippen LogP contribution in [0.15, 0.2) is 30.3 Å². The standard InChI is InChI=1S/C15H20N4O/c1-3-7-13(8-4-1)11-19-17-15(16-18-19)12-20-14-9-5-2-6-10-14/h2,5-6,9-10,13H,1,3-4,7-8,11-12H2. The highest BCUT2D eigenvalue weighted by molar-refractivity contribution is 5.20. The Morgan fingerprint density at radius 3 is 2.70 bits per heavy atom. The lowest BCUT2D eigenvalue weighted by molar-refractivity contribution is 0.282. The lowest BCUT2D eigenvalue weighted by atomic mass is 9.89. The Bertz CT molecular complexity index is 520. The van der Waals surface area contributed by atoms with Gasteiger partial charge in [-0.2, -0.15) is 4.80 Å². The molecular weight excluding hydrogens is 252 g/mol. The summed E-state index contributed by atoms with van der Waals surface area (Å²) >= 11 is 0. The van der Waals surface area contributed by atoms with Crippen LogP contribution in [-0.2, 0) is 13.2 Å². The molecule has 5 heteroatoms. The highest BCUT2D eigenvalue weighted by Crippen LogP contribution is 2.24. The average molecular weight is 272 g/mol. The van der Waals surface area contributed by atoms with Crippen molar-refractivity contribution in [3.05, 3.63) is 36.2 Å². The van der Waals surface area contributed by atoms with Crippen molar-refractivity contribution in [2.75, 3.05) is 0 Å². The summed E-state index contributed by atoms with van der Waals surface area (Å²) in [7, 11) is 0. The Morgan fingerprint density at radius 2 is 1.90 bits per heavy atom. The summed E-state index contributed by atoms with van der Waals surface area (Å²) in [5, 5.41) is 12.6. The zero-order valence-corrected chi connectivity index (χ0v) is 11.6. The molecule has 3 rings (SSSR count). The predicted molar refractivity (Wildman–Crippen MR) is 75.2 cm³/mol. The van der Waals surface area contributed by atoms with Crippen LogP contribution in [0.3, 0.4) is 0 Å². The molecule has 1 aromatic carbocycles. The fourth-order valence-corrected chi connectivity index (χ4v) is 2.68. The Hall–Kier alpha value is -1.91.